The first-order valence-electron chi connectivity index (χ1n) is 6.88. The molecule has 1 aromatic rings. The molecule has 1 rings (SSSR count). The molecule has 1 amide bonds. The van der Waals surface area contributed by atoms with Crippen LogP contribution in [-0.4, -0.2) is 47.0 Å². The van der Waals surface area contributed by atoms with Crippen LogP contribution in [0.3, 0.4) is 0 Å². The number of ether oxygens (including phenoxy) is 4. The molecular formula is C15H24N2O5. The SMILES string of the molecule is COc1cc(CNC(=O)CC(CN)OC)cc(OC)c1OC. The van der Waals surface area contributed by atoms with E-state index in [2.05, 4.69) is 5.32 Å². The Balaban J connectivity index is 2.75. The molecule has 1 atom stereocenters. The summed E-state index contributed by atoms with van der Waals surface area (Å²) in [6.07, 6.45) is -0.0582. The number of hydrogen-bond acceptors (Lipinski definition) is 6. The first kappa shape index (κ1) is 18.1. The van der Waals surface area contributed by atoms with E-state index in [0.717, 1.165) is 5.56 Å². The Hall–Kier alpha value is -1.99. The van der Waals surface area contributed by atoms with E-state index in [4.69, 9.17) is 24.7 Å². The van der Waals surface area contributed by atoms with Crippen LogP contribution in [0.5, 0.6) is 17.2 Å². The summed E-state index contributed by atoms with van der Waals surface area (Å²) in [4.78, 5) is 11.8. The van der Waals surface area contributed by atoms with Crippen molar-refractivity contribution in [1.29, 1.82) is 0 Å². The third-order valence-electron chi connectivity index (χ3n) is 3.22. The molecule has 124 valence electrons. The summed E-state index contributed by atoms with van der Waals surface area (Å²) in [5.41, 5.74) is 6.33. The second-order valence-electron chi connectivity index (χ2n) is 4.61. The lowest BCUT2D eigenvalue weighted by molar-refractivity contribution is -0.123. The van der Waals surface area contributed by atoms with Crippen LogP contribution in [0.15, 0.2) is 12.1 Å². The van der Waals surface area contributed by atoms with E-state index in [1.807, 2.05) is 0 Å². The number of amides is 1. The molecule has 0 aliphatic carbocycles. The second-order valence-corrected chi connectivity index (χ2v) is 4.61. The molecule has 0 bridgehead atoms. The third-order valence-corrected chi connectivity index (χ3v) is 3.22. The summed E-state index contributed by atoms with van der Waals surface area (Å²) >= 11 is 0. The highest BCUT2D eigenvalue weighted by Crippen LogP contribution is 2.38. The Morgan fingerprint density at radius 3 is 2.14 bits per heavy atom. The molecule has 0 saturated carbocycles. The van der Waals surface area contributed by atoms with Gasteiger partial charge in [-0.05, 0) is 17.7 Å². The number of nitrogens with two attached hydrogens (primary N) is 1. The van der Waals surface area contributed by atoms with Crippen molar-refractivity contribution in [1.82, 2.24) is 5.32 Å². The van der Waals surface area contributed by atoms with Gasteiger partial charge in [-0.1, -0.05) is 0 Å². The van der Waals surface area contributed by atoms with Gasteiger partial charge in [0.25, 0.3) is 0 Å². The number of hydrogen-bond donors (Lipinski definition) is 2. The van der Waals surface area contributed by atoms with E-state index < -0.39 is 0 Å². The van der Waals surface area contributed by atoms with Crippen LogP contribution in [0, 0.1) is 0 Å². The molecule has 1 aromatic carbocycles. The van der Waals surface area contributed by atoms with Crippen molar-refractivity contribution in [3.8, 4) is 17.2 Å². The van der Waals surface area contributed by atoms with Crippen molar-refractivity contribution in [2.45, 2.75) is 19.1 Å². The van der Waals surface area contributed by atoms with Crippen molar-refractivity contribution in [3.63, 3.8) is 0 Å². The topological polar surface area (TPSA) is 92.0 Å². The lowest BCUT2D eigenvalue weighted by atomic mass is 10.1. The zero-order valence-electron chi connectivity index (χ0n) is 13.5. The molecule has 7 nitrogen and oxygen atoms in total. The average Bonchev–Trinajstić information content (AvgIpc) is 2.56. The van der Waals surface area contributed by atoms with Gasteiger partial charge in [-0.15, -0.1) is 0 Å². The Labute approximate surface area is 130 Å². The highest BCUT2D eigenvalue weighted by atomic mass is 16.5. The normalized spacial score (nSPS) is 11.7. The first-order valence-corrected chi connectivity index (χ1v) is 6.88. The fourth-order valence-electron chi connectivity index (χ4n) is 1.98. The van der Waals surface area contributed by atoms with E-state index in [1.165, 1.54) is 7.11 Å². The molecule has 7 heteroatoms. The summed E-state index contributed by atoms with van der Waals surface area (Å²) in [6.45, 7) is 0.644. The Kier molecular flexibility index (Phi) is 7.48. The lowest BCUT2D eigenvalue weighted by Gasteiger charge is -2.15. The third kappa shape index (κ3) is 4.78. The van der Waals surface area contributed by atoms with E-state index in [-0.39, 0.29) is 18.4 Å². The summed E-state index contributed by atoms with van der Waals surface area (Å²) < 4.78 is 20.9. The van der Waals surface area contributed by atoms with Crippen molar-refractivity contribution >= 4 is 5.91 Å². The van der Waals surface area contributed by atoms with Crippen molar-refractivity contribution in [2.24, 2.45) is 5.73 Å². The highest BCUT2D eigenvalue weighted by Gasteiger charge is 2.15. The van der Waals surface area contributed by atoms with Gasteiger partial charge in [0, 0.05) is 20.2 Å². The van der Waals surface area contributed by atoms with E-state index in [1.54, 1.807) is 33.5 Å². The molecule has 0 aliphatic heterocycles. The van der Waals surface area contributed by atoms with Crippen LogP contribution in [0.1, 0.15) is 12.0 Å². The highest BCUT2D eigenvalue weighted by molar-refractivity contribution is 5.76. The van der Waals surface area contributed by atoms with Crippen LogP contribution in [0.2, 0.25) is 0 Å². The smallest absolute Gasteiger partial charge is 0.222 e. The van der Waals surface area contributed by atoms with Gasteiger partial charge < -0.3 is 30.0 Å². The van der Waals surface area contributed by atoms with Gasteiger partial charge in [0.15, 0.2) is 11.5 Å². The second kappa shape index (κ2) is 9.11. The fourth-order valence-corrected chi connectivity index (χ4v) is 1.98. The van der Waals surface area contributed by atoms with Gasteiger partial charge in [0.2, 0.25) is 11.7 Å². The molecule has 0 radical (unpaired) electrons. The van der Waals surface area contributed by atoms with Crippen LogP contribution < -0.4 is 25.3 Å². The van der Waals surface area contributed by atoms with Gasteiger partial charge in [-0.2, -0.15) is 0 Å². The number of methoxy groups -OCH3 is 4. The Morgan fingerprint density at radius 2 is 1.73 bits per heavy atom. The zero-order chi connectivity index (χ0) is 16.5. The maximum atomic E-state index is 11.8. The maximum absolute atomic E-state index is 11.8. The van der Waals surface area contributed by atoms with Crippen LogP contribution in [-0.2, 0) is 16.1 Å². The minimum atomic E-state index is -0.278. The molecular weight excluding hydrogens is 288 g/mol. The molecule has 3 N–H and O–H groups in total. The van der Waals surface area contributed by atoms with Gasteiger partial charge in [0.05, 0.1) is 33.9 Å². The van der Waals surface area contributed by atoms with Gasteiger partial charge in [-0.3, -0.25) is 4.79 Å². The summed E-state index contributed by atoms with van der Waals surface area (Å²) in [7, 11) is 6.16. The van der Waals surface area contributed by atoms with Gasteiger partial charge in [-0.25, -0.2) is 0 Å². The van der Waals surface area contributed by atoms with Crippen molar-refractivity contribution in [3.05, 3.63) is 17.7 Å². The van der Waals surface area contributed by atoms with Crippen LogP contribution >= 0.6 is 0 Å². The van der Waals surface area contributed by atoms with Crippen LogP contribution in [0.4, 0.5) is 0 Å². The maximum Gasteiger partial charge on any atom is 0.222 e. The van der Waals surface area contributed by atoms with E-state index in [0.29, 0.717) is 30.3 Å². The Bertz CT molecular complexity index is 464. The Morgan fingerprint density at radius 1 is 1.14 bits per heavy atom. The van der Waals surface area contributed by atoms with Crippen LogP contribution in [0.25, 0.3) is 0 Å². The standard InChI is InChI=1S/C15H24N2O5/c1-19-11(8-16)7-14(18)17-9-10-5-12(20-2)15(22-4)13(6-10)21-3/h5-6,11H,7-9,16H2,1-4H3,(H,17,18). The predicted molar refractivity (Wildman–Crippen MR) is 82.4 cm³/mol. The van der Waals surface area contributed by atoms with Crippen molar-refractivity contribution in [2.75, 3.05) is 35.0 Å². The summed E-state index contributed by atoms with van der Waals surface area (Å²) in [6, 6.07) is 3.58. The van der Waals surface area contributed by atoms with Gasteiger partial charge in [0.1, 0.15) is 0 Å². The molecule has 0 aliphatic rings. The first-order chi connectivity index (χ1) is 10.6. The van der Waals surface area contributed by atoms with E-state index in [9.17, 15) is 4.79 Å². The summed E-state index contributed by atoms with van der Waals surface area (Å²) in [5.74, 6) is 1.47. The molecule has 0 fully saturated rings. The largest absolute Gasteiger partial charge is 0.493 e. The molecule has 1 unspecified atom stereocenters. The number of nitrogens with one attached hydrogen (secondary N) is 1. The minimum Gasteiger partial charge on any atom is -0.493 e. The lowest BCUT2D eigenvalue weighted by Crippen LogP contribution is -2.31. The number of benzene rings is 1. The predicted octanol–water partition coefficient (Wildman–Crippen LogP) is 0.692. The monoisotopic (exact) mass is 312 g/mol. The summed E-state index contributed by atoms with van der Waals surface area (Å²) in [5, 5.41) is 2.81. The molecule has 0 aromatic heterocycles. The van der Waals surface area contributed by atoms with Crippen molar-refractivity contribution < 1.29 is 23.7 Å². The molecule has 22 heavy (non-hydrogen) atoms. The molecule has 0 saturated heterocycles. The average molecular weight is 312 g/mol. The van der Waals surface area contributed by atoms with E-state index >= 15 is 0 Å². The minimum absolute atomic E-state index is 0.133. The molecule has 0 spiro atoms. The zero-order valence-corrected chi connectivity index (χ0v) is 13.5. The fraction of sp³-hybridized carbons (Fsp3) is 0.533. The molecule has 0 heterocycles. The number of carbonyl (C=O) groups excluding carboxylic acids is 1. The quantitative estimate of drug-likeness (QED) is 0.697. The number of carbonyl (C=O) groups is 1. The van der Waals surface area contributed by atoms with Gasteiger partial charge >= 0.3 is 0 Å². The number of rotatable bonds is 9.